The summed E-state index contributed by atoms with van der Waals surface area (Å²) in [6.45, 7) is 0. The summed E-state index contributed by atoms with van der Waals surface area (Å²) in [4.78, 5) is 34.2. The first-order valence-electron chi connectivity index (χ1n) is 6.27. The highest BCUT2D eigenvalue weighted by molar-refractivity contribution is 5.93. The van der Waals surface area contributed by atoms with Crippen molar-refractivity contribution in [3.63, 3.8) is 0 Å². The molecule has 0 saturated carbocycles. The number of esters is 1. The molecule has 0 radical (unpaired) electrons. The van der Waals surface area contributed by atoms with Gasteiger partial charge in [-0.3, -0.25) is 4.79 Å². The normalized spacial score (nSPS) is 9.68. The van der Waals surface area contributed by atoms with Crippen molar-refractivity contribution in [2.45, 2.75) is 0 Å². The monoisotopic (exact) mass is 300 g/mol. The van der Waals surface area contributed by atoms with Gasteiger partial charge in [-0.05, 0) is 24.3 Å². The van der Waals surface area contributed by atoms with Crippen LogP contribution in [-0.4, -0.2) is 25.5 Å². The van der Waals surface area contributed by atoms with Crippen LogP contribution in [0.2, 0.25) is 0 Å². The maximum atomic E-state index is 11.8. The first kappa shape index (κ1) is 15.2. The maximum Gasteiger partial charge on any atom is 0.519 e. The van der Waals surface area contributed by atoms with Crippen molar-refractivity contribution in [3.05, 3.63) is 59.7 Å². The van der Waals surface area contributed by atoms with Gasteiger partial charge >= 0.3 is 12.1 Å². The molecule has 6 nitrogen and oxygen atoms in total. The number of carbonyl (C=O) groups is 3. The fraction of sp³-hybridized carbons (Fsp3) is 0.0625. The van der Waals surface area contributed by atoms with E-state index in [1.165, 1.54) is 31.4 Å². The van der Waals surface area contributed by atoms with Crippen LogP contribution in [0.25, 0.3) is 0 Å². The quantitative estimate of drug-likeness (QED) is 0.491. The van der Waals surface area contributed by atoms with E-state index in [1.54, 1.807) is 24.3 Å². The minimum Gasteiger partial charge on any atom is -0.465 e. The first-order valence-corrected chi connectivity index (χ1v) is 6.27. The summed E-state index contributed by atoms with van der Waals surface area (Å²) in [5, 5.41) is 0. The summed E-state index contributed by atoms with van der Waals surface area (Å²) in [7, 11) is 1.22. The van der Waals surface area contributed by atoms with Crippen molar-refractivity contribution in [2.24, 2.45) is 0 Å². The molecule has 0 spiro atoms. The molecule has 2 aromatic carbocycles. The molecule has 22 heavy (non-hydrogen) atoms. The van der Waals surface area contributed by atoms with Crippen LogP contribution in [0, 0.1) is 0 Å². The topological polar surface area (TPSA) is 78.9 Å². The first-order chi connectivity index (χ1) is 10.7. The van der Waals surface area contributed by atoms with Crippen LogP contribution in [-0.2, 0) is 4.74 Å². The number of hydrogen-bond acceptors (Lipinski definition) is 6. The van der Waals surface area contributed by atoms with E-state index in [0.717, 1.165) is 0 Å². The number of rotatable bonds is 4. The number of carbonyl (C=O) groups excluding carboxylic acids is 3. The van der Waals surface area contributed by atoms with Crippen molar-refractivity contribution < 1.29 is 28.6 Å². The Morgan fingerprint density at radius 1 is 0.909 bits per heavy atom. The number of aldehydes is 1. The molecule has 2 rings (SSSR count). The fourth-order valence-electron chi connectivity index (χ4n) is 1.71. The lowest BCUT2D eigenvalue weighted by Crippen LogP contribution is -2.16. The second-order valence-corrected chi connectivity index (χ2v) is 4.10. The molecule has 0 aliphatic carbocycles. The lowest BCUT2D eigenvalue weighted by molar-refractivity contribution is 0.0597. The lowest BCUT2D eigenvalue weighted by Gasteiger charge is -2.09. The lowest BCUT2D eigenvalue weighted by atomic mass is 10.2. The number of ether oxygens (including phenoxy) is 3. The van der Waals surface area contributed by atoms with Gasteiger partial charge in [0.15, 0.2) is 6.29 Å². The molecule has 0 unspecified atom stereocenters. The summed E-state index contributed by atoms with van der Waals surface area (Å²) >= 11 is 0. The molecule has 6 heteroatoms. The van der Waals surface area contributed by atoms with Gasteiger partial charge in [0.1, 0.15) is 17.1 Å². The van der Waals surface area contributed by atoms with Crippen LogP contribution in [0.15, 0.2) is 48.5 Å². The van der Waals surface area contributed by atoms with Crippen LogP contribution in [0.4, 0.5) is 4.79 Å². The molecule has 0 aliphatic rings. The predicted octanol–water partition coefficient (Wildman–Crippen LogP) is 2.86. The zero-order chi connectivity index (χ0) is 15.9. The van der Waals surface area contributed by atoms with Crippen LogP contribution < -0.4 is 9.47 Å². The molecule has 0 bridgehead atoms. The average Bonchev–Trinajstić information content (AvgIpc) is 2.55. The maximum absolute atomic E-state index is 11.8. The summed E-state index contributed by atoms with van der Waals surface area (Å²) in [6.07, 6.45) is -0.504. The van der Waals surface area contributed by atoms with Crippen molar-refractivity contribution >= 4 is 18.4 Å². The van der Waals surface area contributed by atoms with Gasteiger partial charge in [-0.15, -0.1) is 0 Å². The molecule has 0 fully saturated rings. The summed E-state index contributed by atoms with van der Waals surface area (Å²) in [6, 6.07) is 12.3. The van der Waals surface area contributed by atoms with Gasteiger partial charge in [0.2, 0.25) is 0 Å². The third kappa shape index (κ3) is 3.49. The van der Waals surface area contributed by atoms with Gasteiger partial charge in [-0.2, -0.15) is 0 Å². The van der Waals surface area contributed by atoms with E-state index >= 15 is 0 Å². The molecule has 0 heterocycles. The Morgan fingerprint density at radius 2 is 1.50 bits per heavy atom. The Balaban J connectivity index is 2.16. The van der Waals surface area contributed by atoms with Crippen LogP contribution in [0.3, 0.4) is 0 Å². The SMILES string of the molecule is COC(=O)c1ccccc1OC(=O)Oc1ccccc1C=O. The van der Waals surface area contributed by atoms with Crippen LogP contribution in [0.1, 0.15) is 20.7 Å². The Bertz CT molecular complexity index is 707. The fourth-order valence-corrected chi connectivity index (χ4v) is 1.71. The van der Waals surface area contributed by atoms with Crippen molar-refractivity contribution in [1.29, 1.82) is 0 Å². The number of hydrogen-bond donors (Lipinski definition) is 0. The summed E-state index contributed by atoms with van der Waals surface area (Å²) < 4.78 is 14.6. The van der Waals surface area contributed by atoms with Gasteiger partial charge in [0.05, 0.1) is 12.7 Å². The van der Waals surface area contributed by atoms with E-state index in [1.807, 2.05) is 0 Å². The van der Waals surface area contributed by atoms with E-state index in [0.29, 0.717) is 6.29 Å². The van der Waals surface area contributed by atoms with Gasteiger partial charge in [-0.25, -0.2) is 9.59 Å². The standard InChI is InChI=1S/C16H12O6/c1-20-15(18)12-7-3-5-9-14(12)22-16(19)21-13-8-4-2-6-11(13)10-17/h2-10H,1H3. The smallest absolute Gasteiger partial charge is 0.465 e. The molecule has 112 valence electrons. The molecule has 2 aromatic rings. The van der Waals surface area contributed by atoms with Crippen LogP contribution >= 0.6 is 0 Å². The Hall–Kier alpha value is -3.15. The highest BCUT2D eigenvalue weighted by Gasteiger charge is 2.17. The van der Waals surface area contributed by atoms with E-state index in [2.05, 4.69) is 4.74 Å². The second kappa shape index (κ2) is 7.03. The second-order valence-electron chi connectivity index (χ2n) is 4.10. The molecule has 0 aromatic heterocycles. The van der Waals surface area contributed by atoms with Crippen molar-refractivity contribution in [2.75, 3.05) is 7.11 Å². The molecule has 0 aliphatic heterocycles. The minimum absolute atomic E-state index is 0.00272. The predicted molar refractivity (Wildman–Crippen MR) is 76.3 cm³/mol. The van der Waals surface area contributed by atoms with E-state index in [-0.39, 0.29) is 22.6 Å². The highest BCUT2D eigenvalue weighted by atomic mass is 16.7. The van der Waals surface area contributed by atoms with E-state index < -0.39 is 12.1 Å². The van der Waals surface area contributed by atoms with Gasteiger partial charge < -0.3 is 14.2 Å². The van der Waals surface area contributed by atoms with Crippen LogP contribution in [0.5, 0.6) is 11.5 Å². The zero-order valence-corrected chi connectivity index (χ0v) is 11.6. The molecule has 0 atom stereocenters. The number of methoxy groups -OCH3 is 1. The highest BCUT2D eigenvalue weighted by Crippen LogP contribution is 2.21. The summed E-state index contributed by atoms with van der Waals surface area (Å²) in [5.41, 5.74) is 0.298. The van der Waals surface area contributed by atoms with Gasteiger partial charge in [0.25, 0.3) is 0 Å². The third-order valence-electron chi connectivity index (χ3n) is 2.72. The van der Waals surface area contributed by atoms with Gasteiger partial charge in [-0.1, -0.05) is 24.3 Å². The van der Waals surface area contributed by atoms with E-state index in [9.17, 15) is 14.4 Å². The molecular weight excluding hydrogens is 288 g/mol. The molecular formula is C16H12O6. The molecule has 0 saturated heterocycles. The van der Waals surface area contributed by atoms with Gasteiger partial charge in [0, 0.05) is 0 Å². The zero-order valence-electron chi connectivity index (χ0n) is 11.6. The Kier molecular flexibility index (Phi) is 4.87. The van der Waals surface area contributed by atoms with Crippen molar-refractivity contribution in [3.8, 4) is 11.5 Å². The molecule has 0 N–H and O–H groups in total. The average molecular weight is 300 g/mol. The summed E-state index contributed by atoms with van der Waals surface area (Å²) in [5.74, 6) is -0.572. The van der Waals surface area contributed by atoms with E-state index in [4.69, 9.17) is 9.47 Å². The molecule has 0 amide bonds. The largest absolute Gasteiger partial charge is 0.519 e. The third-order valence-corrected chi connectivity index (χ3v) is 2.72. The Morgan fingerprint density at radius 3 is 2.18 bits per heavy atom. The Labute approximate surface area is 126 Å². The van der Waals surface area contributed by atoms with Crippen molar-refractivity contribution in [1.82, 2.24) is 0 Å². The number of benzene rings is 2. The minimum atomic E-state index is -1.06. The number of para-hydroxylation sites is 2.